The Labute approximate surface area is 107 Å². The Morgan fingerprint density at radius 2 is 2.00 bits per heavy atom. The van der Waals surface area contributed by atoms with E-state index in [1.54, 1.807) is 0 Å². The molecular weight excluding hydrogens is 228 g/mol. The molecule has 17 heavy (non-hydrogen) atoms. The average molecular weight is 254 g/mol. The molecule has 98 valence electrons. The molecule has 2 unspecified atom stereocenters. The number of Topliss-reactive ketones (excluding diaryl/α,β-unsaturated/α-hetero) is 1. The molecule has 0 radical (unpaired) electrons. The Morgan fingerprint density at radius 3 is 2.53 bits per heavy atom. The number of rotatable bonds is 2. The van der Waals surface area contributed by atoms with E-state index < -0.39 is 10.0 Å². The van der Waals surface area contributed by atoms with Crippen LogP contribution in [-0.2, 0) is 4.79 Å². The molecule has 2 heteroatoms. The molecule has 0 bridgehead atoms. The van der Waals surface area contributed by atoms with Crippen LogP contribution in [0.2, 0.25) is 0 Å². The molecule has 0 saturated heterocycles. The van der Waals surface area contributed by atoms with Crippen LogP contribution in [0.25, 0.3) is 0 Å². The van der Waals surface area contributed by atoms with Gasteiger partial charge < -0.3 is 0 Å². The molecule has 0 heterocycles. The van der Waals surface area contributed by atoms with Crippen molar-refractivity contribution in [3.63, 3.8) is 0 Å². The predicted molar refractivity (Wildman–Crippen MR) is 77.8 cm³/mol. The highest BCUT2D eigenvalue weighted by molar-refractivity contribution is 8.33. The van der Waals surface area contributed by atoms with Gasteiger partial charge in [-0.1, -0.05) is 26.0 Å². The zero-order valence-corrected chi connectivity index (χ0v) is 12.6. The maximum atomic E-state index is 12.8. The Morgan fingerprint density at radius 1 is 1.35 bits per heavy atom. The topological polar surface area (TPSA) is 17.1 Å². The third kappa shape index (κ3) is 2.09. The van der Waals surface area contributed by atoms with Crippen LogP contribution < -0.4 is 0 Å². The fourth-order valence-corrected chi connectivity index (χ4v) is 6.36. The number of hydrogen-bond acceptors (Lipinski definition) is 1. The van der Waals surface area contributed by atoms with E-state index in [9.17, 15) is 4.79 Å². The van der Waals surface area contributed by atoms with Crippen LogP contribution in [0.4, 0.5) is 0 Å². The van der Waals surface area contributed by atoms with E-state index in [0.717, 1.165) is 12.8 Å². The van der Waals surface area contributed by atoms with Crippen LogP contribution >= 0.6 is 10.0 Å². The first-order valence-electron chi connectivity index (χ1n) is 6.75. The first-order chi connectivity index (χ1) is 7.88. The predicted octanol–water partition coefficient (Wildman–Crippen LogP) is 3.49. The second-order valence-electron chi connectivity index (χ2n) is 6.54. The fraction of sp³-hybridized carbons (Fsp3) is 0.800. The van der Waals surface area contributed by atoms with E-state index in [1.807, 2.05) is 0 Å². The summed E-state index contributed by atoms with van der Waals surface area (Å²) in [5.41, 5.74) is 0. The van der Waals surface area contributed by atoms with E-state index in [4.69, 9.17) is 0 Å². The van der Waals surface area contributed by atoms with Crippen molar-refractivity contribution in [3.05, 3.63) is 12.2 Å². The Balaban J connectivity index is 2.33. The number of hydrogen-bond donors (Lipinski definition) is 0. The van der Waals surface area contributed by atoms with Crippen molar-refractivity contribution in [2.45, 2.75) is 31.9 Å². The summed E-state index contributed by atoms with van der Waals surface area (Å²) in [6.45, 7) is 4.53. The van der Waals surface area contributed by atoms with Gasteiger partial charge in [-0.2, -0.15) is 0 Å². The summed E-state index contributed by atoms with van der Waals surface area (Å²) in [5.74, 6) is 2.63. The van der Waals surface area contributed by atoms with E-state index >= 15 is 0 Å². The van der Waals surface area contributed by atoms with E-state index in [2.05, 4.69) is 44.8 Å². The quantitative estimate of drug-likeness (QED) is 0.689. The lowest BCUT2D eigenvalue weighted by molar-refractivity contribution is -0.122. The van der Waals surface area contributed by atoms with E-state index in [0.29, 0.717) is 34.7 Å². The van der Waals surface area contributed by atoms with E-state index in [1.165, 1.54) is 0 Å². The van der Waals surface area contributed by atoms with E-state index in [-0.39, 0.29) is 0 Å². The molecule has 2 aliphatic carbocycles. The summed E-state index contributed by atoms with van der Waals surface area (Å²) in [6, 6.07) is 0. The first kappa shape index (κ1) is 13.2. The van der Waals surface area contributed by atoms with Crippen molar-refractivity contribution in [1.82, 2.24) is 0 Å². The molecule has 0 amide bonds. The molecule has 0 N–H and O–H groups in total. The Kier molecular flexibility index (Phi) is 3.46. The van der Waals surface area contributed by atoms with Crippen molar-refractivity contribution < 1.29 is 4.79 Å². The van der Waals surface area contributed by atoms with Crippen LogP contribution in [0.3, 0.4) is 0 Å². The average Bonchev–Trinajstić information content (AvgIpc) is 2.51. The lowest BCUT2D eigenvalue weighted by Gasteiger charge is -2.35. The van der Waals surface area contributed by atoms with Crippen molar-refractivity contribution >= 4 is 15.8 Å². The lowest BCUT2D eigenvalue weighted by Crippen LogP contribution is -2.29. The minimum Gasteiger partial charge on any atom is -0.298 e. The third-order valence-corrected chi connectivity index (χ3v) is 6.89. The van der Waals surface area contributed by atoms with Gasteiger partial charge in [-0.3, -0.25) is 4.79 Å². The van der Waals surface area contributed by atoms with Gasteiger partial charge in [0.15, 0.2) is 0 Å². The van der Waals surface area contributed by atoms with Gasteiger partial charge in [0, 0.05) is 5.92 Å². The molecule has 5 atom stereocenters. The highest BCUT2D eigenvalue weighted by atomic mass is 32.3. The van der Waals surface area contributed by atoms with Gasteiger partial charge >= 0.3 is 0 Å². The van der Waals surface area contributed by atoms with Crippen LogP contribution in [0.15, 0.2) is 12.2 Å². The Bertz CT molecular complexity index is 339. The molecule has 0 aromatic rings. The van der Waals surface area contributed by atoms with Gasteiger partial charge in [0.25, 0.3) is 0 Å². The maximum absolute atomic E-state index is 12.8. The number of allylic oxidation sites excluding steroid dienone is 2. The summed E-state index contributed by atoms with van der Waals surface area (Å²) in [4.78, 5) is 12.8. The monoisotopic (exact) mass is 254 g/mol. The standard InChI is InChI=1S/C15H26OS/c1-6-11-8-7-9-12-10(2)15(17(3,4)5)14(16)13(11)12/h7-8,10-13,15H,6,9H2,1-5H3/t10-,11?,12-,13-,15?/m0/s1. The number of fused-ring (bicyclic) bond motifs is 1. The van der Waals surface area contributed by atoms with Crippen molar-refractivity contribution in [1.29, 1.82) is 0 Å². The van der Waals surface area contributed by atoms with Crippen molar-refractivity contribution in [3.8, 4) is 0 Å². The molecule has 0 aliphatic heterocycles. The van der Waals surface area contributed by atoms with Crippen LogP contribution in [0, 0.1) is 23.7 Å². The van der Waals surface area contributed by atoms with Crippen molar-refractivity contribution in [2.24, 2.45) is 23.7 Å². The molecule has 1 fully saturated rings. The van der Waals surface area contributed by atoms with Gasteiger partial charge in [-0.25, -0.2) is 10.0 Å². The molecule has 0 spiro atoms. The smallest absolute Gasteiger partial charge is 0.148 e. The molecular formula is C15H26OS. The summed E-state index contributed by atoms with van der Waals surface area (Å²) in [6.07, 6.45) is 13.8. The summed E-state index contributed by atoms with van der Waals surface area (Å²) < 4.78 is 0. The highest BCUT2D eigenvalue weighted by Crippen LogP contribution is 2.56. The summed E-state index contributed by atoms with van der Waals surface area (Å²) >= 11 is 0. The zero-order valence-electron chi connectivity index (χ0n) is 11.8. The number of carbonyl (C=O) groups is 1. The molecule has 0 aromatic carbocycles. The van der Waals surface area contributed by atoms with Gasteiger partial charge in [0.1, 0.15) is 5.78 Å². The largest absolute Gasteiger partial charge is 0.298 e. The zero-order chi connectivity index (χ0) is 12.8. The van der Waals surface area contributed by atoms with Crippen LogP contribution in [0.1, 0.15) is 26.7 Å². The molecule has 1 saturated carbocycles. The number of carbonyl (C=O) groups excluding carboxylic acids is 1. The maximum Gasteiger partial charge on any atom is 0.148 e. The lowest BCUT2D eigenvalue weighted by atomic mass is 9.74. The third-order valence-electron chi connectivity index (χ3n) is 4.71. The van der Waals surface area contributed by atoms with Crippen LogP contribution in [-0.4, -0.2) is 29.8 Å². The van der Waals surface area contributed by atoms with Gasteiger partial charge in [0.2, 0.25) is 0 Å². The second kappa shape index (κ2) is 4.46. The minimum atomic E-state index is -0.768. The second-order valence-corrected chi connectivity index (χ2v) is 10.9. The van der Waals surface area contributed by atoms with Crippen LogP contribution in [0.5, 0.6) is 0 Å². The molecule has 1 nitrogen and oxygen atoms in total. The fourth-order valence-electron chi connectivity index (χ4n) is 4.01. The normalized spacial score (nSPS) is 42.6. The van der Waals surface area contributed by atoms with Gasteiger partial charge in [0.05, 0.1) is 5.25 Å². The minimum absolute atomic E-state index is 0.330. The molecule has 0 aromatic heterocycles. The molecule has 2 rings (SSSR count). The highest BCUT2D eigenvalue weighted by Gasteiger charge is 2.52. The Hall–Kier alpha value is -0.240. The van der Waals surface area contributed by atoms with Crippen molar-refractivity contribution in [2.75, 3.05) is 18.8 Å². The summed E-state index contributed by atoms with van der Waals surface area (Å²) in [5, 5.41) is 0.339. The number of ketones is 1. The van der Waals surface area contributed by atoms with Gasteiger partial charge in [-0.05, 0) is 49.4 Å². The summed E-state index contributed by atoms with van der Waals surface area (Å²) in [7, 11) is -0.768. The molecule has 2 aliphatic rings. The SMILES string of the molecule is CCC1C=CC[C@H]2[C@H](C)C(S(C)(C)C)C(=O)[C@@H]12. The van der Waals surface area contributed by atoms with Gasteiger partial charge in [-0.15, -0.1) is 0 Å². The first-order valence-corrected chi connectivity index (χ1v) is 9.67.